The molecule has 0 heterocycles. The zero-order valence-electron chi connectivity index (χ0n) is 8.85. The SMILES string of the molecule is FC(F)(F)c1ccc(NC2CCCC2)cc1. The van der Waals surface area contributed by atoms with Crippen LogP contribution in [0.5, 0.6) is 0 Å². The summed E-state index contributed by atoms with van der Waals surface area (Å²) in [6.45, 7) is 0. The van der Waals surface area contributed by atoms with E-state index in [-0.39, 0.29) is 0 Å². The van der Waals surface area contributed by atoms with Crippen LogP contribution >= 0.6 is 0 Å². The maximum absolute atomic E-state index is 12.3. The average Bonchev–Trinajstić information content (AvgIpc) is 2.70. The number of hydrogen-bond acceptors (Lipinski definition) is 1. The van der Waals surface area contributed by atoms with E-state index in [9.17, 15) is 13.2 Å². The standard InChI is InChI=1S/C12H14F3N/c13-12(14,15)9-5-7-11(8-6-9)16-10-3-1-2-4-10/h5-8,10,16H,1-4H2. The Balaban J connectivity index is 2.01. The van der Waals surface area contributed by atoms with Gasteiger partial charge < -0.3 is 5.32 Å². The summed E-state index contributed by atoms with van der Waals surface area (Å²) in [6.07, 6.45) is 0.393. The van der Waals surface area contributed by atoms with E-state index in [4.69, 9.17) is 0 Å². The molecule has 4 heteroatoms. The Hall–Kier alpha value is -1.19. The highest BCUT2D eigenvalue weighted by Gasteiger charge is 2.30. The van der Waals surface area contributed by atoms with Gasteiger partial charge in [0.1, 0.15) is 0 Å². The normalized spacial score (nSPS) is 17.7. The number of hydrogen-bond donors (Lipinski definition) is 1. The molecular formula is C12H14F3N. The number of alkyl halides is 3. The van der Waals surface area contributed by atoms with Gasteiger partial charge >= 0.3 is 6.18 Å². The summed E-state index contributed by atoms with van der Waals surface area (Å²) in [5.74, 6) is 0. The van der Waals surface area contributed by atoms with E-state index < -0.39 is 11.7 Å². The lowest BCUT2D eigenvalue weighted by Gasteiger charge is -2.14. The lowest BCUT2D eigenvalue weighted by atomic mass is 10.2. The molecule has 16 heavy (non-hydrogen) atoms. The van der Waals surface area contributed by atoms with E-state index >= 15 is 0 Å². The molecular weight excluding hydrogens is 215 g/mol. The molecule has 1 aromatic carbocycles. The van der Waals surface area contributed by atoms with Crippen LogP contribution in [0.25, 0.3) is 0 Å². The highest BCUT2D eigenvalue weighted by Crippen LogP contribution is 2.30. The van der Waals surface area contributed by atoms with Crippen LogP contribution in [-0.2, 0) is 6.18 Å². The third kappa shape index (κ3) is 2.68. The van der Waals surface area contributed by atoms with E-state index in [0.29, 0.717) is 6.04 Å². The van der Waals surface area contributed by atoms with Crippen molar-refractivity contribution in [3.63, 3.8) is 0 Å². The van der Waals surface area contributed by atoms with Gasteiger partial charge in [-0.15, -0.1) is 0 Å². The molecule has 0 bridgehead atoms. The van der Waals surface area contributed by atoms with Crippen molar-refractivity contribution in [3.05, 3.63) is 29.8 Å². The molecule has 0 atom stereocenters. The second kappa shape index (κ2) is 4.36. The second-order valence-electron chi connectivity index (χ2n) is 4.20. The maximum atomic E-state index is 12.3. The highest BCUT2D eigenvalue weighted by atomic mass is 19.4. The fourth-order valence-electron chi connectivity index (χ4n) is 2.06. The van der Waals surface area contributed by atoms with Gasteiger partial charge in [0, 0.05) is 11.7 Å². The lowest BCUT2D eigenvalue weighted by molar-refractivity contribution is -0.137. The molecule has 0 aromatic heterocycles. The van der Waals surface area contributed by atoms with Crippen molar-refractivity contribution >= 4 is 5.69 Å². The third-order valence-corrected chi connectivity index (χ3v) is 2.94. The van der Waals surface area contributed by atoms with Crippen LogP contribution in [-0.4, -0.2) is 6.04 Å². The maximum Gasteiger partial charge on any atom is 0.416 e. The van der Waals surface area contributed by atoms with Crippen LogP contribution < -0.4 is 5.32 Å². The predicted octanol–water partition coefficient (Wildman–Crippen LogP) is 4.06. The number of benzene rings is 1. The van der Waals surface area contributed by atoms with Crippen LogP contribution in [0.2, 0.25) is 0 Å². The Morgan fingerprint density at radius 2 is 1.56 bits per heavy atom. The molecule has 1 nitrogen and oxygen atoms in total. The van der Waals surface area contributed by atoms with Crippen molar-refractivity contribution in [1.29, 1.82) is 0 Å². The molecule has 1 N–H and O–H groups in total. The first-order chi connectivity index (χ1) is 7.55. The quantitative estimate of drug-likeness (QED) is 0.806. The first-order valence-corrected chi connectivity index (χ1v) is 5.49. The Morgan fingerprint density at radius 3 is 2.06 bits per heavy atom. The molecule has 0 spiro atoms. The number of halogens is 3. The smallest absolute Gasteiger partial charge is 0.382 e. The third-order valence-electron chi connectivity index (χ3n) is 2.94. The van der Waals surface area contributed by atoms with Crippen molar-refractivity contribution in [2.24, 2.45) is 0 Å². The monoisotopic (exact) mass is 229 g/mol. The molecule has 1 aliphatic rings. The minimum Gasteiger partial charge on any atom is -0.382 e. The van der Waals surface area contributed by atoms with Crippen LogP contribution in [0.1, 0.15) is 31.2 Å². The van der Waals surface area contributed by atoms with E-state index in [2.05, 4.69) is 5.32 Å². The molecule has 88 valence electrons. The minimum atomic E-state index is -4.24. The Kier molecular flexibility index (Phi) is 3.08. The number of anilines is 1. The molecule has 0 aliphatic heterocycles. The summed E-state index contributed by atoms with van der Waals surface area (Å²) in [7, 11) is 0. The summed E-state index contributed by atoms with van der Waals surface area (Å²) in [6, 6.07) is 5.67. The summed E-state index contributed by atoms with van der Waals surface area (Å²) < 4.78 is 36.9. The lowest BCUT2D eigenvalue weighted by Crippen LogP contribution is -2.14. The van der Waals surface area contributed by atoms with Gasteiger partial charge in [0.05, 0.1) is 5.56 Å². The molecule has 2 rings (SSSR count). The van der Waals surface area contributed by atoms with Gasteiger partial charge in [0.25, 0.3) is 0 Å². The Morgan fingerprint density at radius 1 is 1.00 bits per heavy atom. The fourth-order valence-corrected chi connectivity index (χ4v) is 2.06. The molecule has 1 aliphatic carbocycles. The van der Waals surface area contributed by atoms with Crippen LogP contribution in [0.4, 0.5) is 18.9 Å². The first-order valence-electron chi connectivity index (χ1n) is 5.49. The second-order valence-corrected chi connectivity index (χ2v) is 4.20. The van der Waals surface area contributed by atoms with Gasteiger partial charge in [-0.05, 0) is 37.1 Å². The van der Waals surface area contributed by atoms with Gasteiger partial charge in [0.2, 0.25) is 0 Å². The van der Waals surface area contributed by atoms with E-state index in [1.165, 1.54) is 25.0 Å². The van der Waals surface area contributed by atoms with Gasteiger partial charge in [-0.1, -0.05) is 12.8 Å². The molecule has 0 radical (unpaired) electrons. The molecule has 1 saturated carbocycles. The van der Waals surface area contributed by atoms with Gasteiger partial charge in [-0.25, -0.2) is 0 Å². The van der Waals surface area contributed by atoms with Gasteiger partial charge in [-0.3, -0.25) is 0 Å². The predicted molar refractivity (Wildman–Crippen MR) is 57.3 cm³/mol. The largest absolute Gasteiger partial charge is 0.416 e. The van der Waals surface area contributed by atoms with E-state index in [1.54, 1.807) is 0 Å². The Bertz CT molecular complexity index is 336. The summed E-state index contributed by atoms with van der Waals surface area (Å²) in [5, 5.41) is 3.25. The Labute approximate surface area is 92.7 Å². The topological polar surface area (TPSA) is 12.0 Å². The van der Waals surface area contributed by atoms with Crippen LogP contribution in [0.15, 0.2) is 24.3 Å². The minimum absolute atomic E-state index is 0.428. The average molecular weight is 229 g/mol. The summed E-state index contributed by atoms with van der Waals surface area (Å²) in [4.78, 5) is 0. The summed E-state index contributed by atoms with van der Waals surface area (Å²) >= 11 is 0. The number of nitrogens with one attached hydrogen (secondary N) is 1. The molecule has 0 amide bonds. The van der Waals surface area contributed by atoms with Crippen molar-refractivity contribution < 1.29 is 13.2 Å². The van der Waals surface area contributed by atoms with Crippen molar-refractivity contribution in [2.75, 3.05) is 5.32 Å². The molecule has 0 unspecified atom stereocenters. The highest BCUT2D eigenvalue weighted by molar-refractivity contribution is 5.46. The van der Waals surface area contributed by atoms with Gasteiger partial charge in [-0.2, -0.15) is 13.2 Å². The van der Waals surface area contributed by atoms with Crippen molar-refractivity contribution in [3.8, 4) is 0 Å². The molecule has 1 aromatic rings. The fraction of sp³-hybridized carbons (Fsp3) is 0.500. The molecule has 1 fully saturated rings. The van der Waals surface area contributed by atoms with Gasteiger partial charge in [0.15, 0.2) is 0 Å². The zero-order valence-corrected chi connectivity index (χ0v) is 8.85. The van der Waals surface area contributed by atoms with E-state index in [1.807, 2.05) is 0 Å². The molecule has 0 saturated heterocycles. The van der Waals surface area contributed by atoms with Crippen molar-refractivity contribution in [1.82, 2.24) is 0 Å². The first kappa shape index (κ1) is 11.3. The van der Waals surface area contributed by atoms with Crippen molar-refractivity contribution in [2.45, 2.75) is 37.9 Å². The van der Waals surface area contributed by atoms with E-state index in [0.717, 1.165) is 30.7 Å². The van der Waals surface area contributed by atoms with Crippen LogP contribution in [0.3, 0.4) is 0 Å². The number of rotatable bonds is 2. The van der Waals surface area contributed by atoms with Crippen LogP contribution in [0, 0.1) is 0 Å². The summed E-state index contributed by atoms with van der Waals surface area (Å²) in [5.41, 5.74) is 0.185. The zero-order chi connectivity index (χ0) is 11.6.